The Bertz CT molecular complexity index is 644. The lowest BCUT2D eigenvalue weighted by Crippen LogP contribution is -2.40. The minimum Gasteiger partial charge on any atom is -0.370 e. The minimum absolute atomic E-state index is 0.195. The third-order valence-corrected chi connectivity index (χ3v) is 4.63. The molecule has 4 nitrogen and oxygen atoms in total. The third kappa shape index (κ3) is 4.22. The van der Waals surface area contributed by atoms with Gasteiger partial charge in [-0.25, -0.2) is 9.37 Å². The van der Waals surface area contributed by atoms with Gasteiger partial charge in [-0.05, 0) is 55.9 Å². The monoisotopic (exact) mass is 328 g/mol. The van der Waals surface area contributed by atoms with E-state index >= 15 is 0 Å². The van der Waals surface area contributed by atoms with E-state index in [1.54, 1.807) is 0 Å². The topological polar surface area (TPSA) is 41.1 Å². The number of piperidine rings is 1. The summed E-state index contributed by atoms with van der Waals surface area (Å²) in [5, 5.41) is 3.35. The van der Waals surface area contributed by atoms with E-state index in [1.807, 2.05) is 24.4 Å². The van der Waals surface area contributed by atoms with E-state index in [4.69, 9.17) is 0 Å². The summed E-state index contributed by atoms with van der Waals surface area (Å²) in [6.07, 6.45) is 7.52. The molecule has 0 bridgehead atoms. The molecule has 1 aromatic carbocycles. The molecule has 2 aromatic rings. The molecule has 0 saturated carbocycles. The second-order valence-corrected chi connectivity index (χ2v) is 6.30. The Balaban J connectivity index is 1.59. The maximum Gasteiger partial charge on any atom is 0.227 e. The van der Waals surface area contributed by atoms with E-state index in [2.05, 4.69) is 27.1 Å². The number of nitrogens with one attached hydrogen (secondary N) is 1. The van der Waals surface area contributed by atoms with Crippen molar-refractivity contribution < 1.29 is 4.39 Å². The van der Waals surface area contributed by atoms with E-state index in [-0.39, 0.29) is 5.82 Å². The van der Waals surface area contributed by atoms with Gasteiger partial charge in [0.2, 0.25) is 5.95 Å². The highest BCUT2D eigenvalue weighted by molar-refractivity contribution is 5.42. The number of benzene rings is 1. The zero-order valence-electron chi connectivity index (χ0n) is 14.2. The second-order valence-electron chi connectivity index (χ2n) is 6.30. The summed E-state index contributed by atoms with van der Waals surface area (Å²) in [7, 11) is 0. The van der Waals surface area contributed by atoms with Crippen molar-refractivity contribution in [2.24, 2.45) is 0 Å². The van der Waals surface area contributed by atoms with Gasteiger partial charge in [-0.3, -0.25) is 0 Å². The van der Waals surface area contributed by atoms with Crippen molar-refractivity contribution in [2.75, 3.05) is 23.3 Å². The van der Waals surface area contributed by atoms with Crippen molar-refractivity contribution in [2.45, 2.75) is 45.1 Å². The number of anilines is 2. The number of hydrogen-bond acceptors (Lipinski definition) is 4. The summed E-state index contributed by atoms with van der Waals surface area (Å²) >= 11 is 0. The van der Waals surface area contributed by atoms with Crippen molar-refractivity contribution in [1.29, 1.82) is 0 Å². The molecule has 1 aliphatic rings. The summed E-state index contributed by atoms with van der Waals surface area (Å²) in [5.41, 5.74) is 1.11. The number of halogens is 1. The van der Waals surface area contributed by atoms with Crippen molar-refractivity contribution in [3.8, 4) is 0 Å². The van der Waals surface area contributed by atoms with Crippen LogP contribution in [0.4, 0.5) is 16.2 Å². The fourth-order valence-corrected chi connectivity index (χ4v) is 3.26. The molecule has 1 saturated heterocycles. The van der Waals surface area contributed by atoms with Gasteiger partial charge in [0.1, 0.15) is 11.6 Å². The third-order valence-electron chi connectivity index (χ3n) is 4.63. The summed E-state index contributed by atoms with van der Waals surface area (Å²) in [6.45, 7) is 4.03. The van der Waals surface area contributed by atoms with Crippen LogP contribution in [0.15, 0.2) is 36.5 Å². The van der Waals surface area contributed by atoms with Crippen molar-refractivity contribution >= 4 is 11.8 Å². The fraction of sp³-hybridized carbons (Fsp3) is 0.474. The Morgan fingerprint density at radius 3 is 2.83 bits per heavy atom. The van der Waals surface area contributed by atoms with Gasteiger partial charge in [0.25, 0.3) is 0 Å². The molecule has 1 aromatic heterocycles. The normalized spacial score (nSPS) is 17.8. The van der Waals surface area contributed by atoms with Gasteiger partial charge in [-0.1, -0.05) is 19.1 Å². The molecule has 0 spiro atoms. The molecule has 5 heteroatoms. The highest BCUT2D eigenvalue weighted by atomic mass is 19.1. The Kier molecular flexibility index (Phi) is 5.62. The summed E-state index contributed by atoms with van der Waals surface area (Å²) in [5.74, 6) is 1.48. The standard InChI is InChI=1S/C19H25FN4/c1-2-17-5-3-4-14-24(17)19-22-13-11-18(23-19)21-12-10-15-6-8-16(20)9-7-15/h6-9,11,13,17H,2-5,10,12,14H2,1H3,(H,21,22,23). The lowest BCUT2D eigenvalue weighted by Gasteiger charge is -2.35. The Morgan fingerprint density at radius 2 is 2.04 bits per heavy atom. The second kappa shape index (κ2) is 8.08. The van der Waals surface area contributed by atoms with E-state index in [0.717, 1.165) is 43.3 Å². The predicted molar refractivity (Wildman–Crippen MR) is 95.9 cm³/mol. The molecule has 2 heterocycles. The average Bonchev–Trinajstić information content (AvgIpc) is 2.63. The van der Waals surface area contributed by atoms with E-state index in [1.165, 1.54) is 31.4 Å². The first kappa shape index (κ1) is 16.7. The van der Waals surface area contributed by atoms with Gasteiger partial charge in [-0.15, -0.1) is 0 Å². The zero-order chi connectivity index (χ0) is 16.8. The first-order valence-corrected chi connectivity index (χ1v) is 8.84. The average molecular weight is 328 g/mol. The van der Waals surface area contributed by atoms with Gasteiger partial charge in [0.15, 0.2) is 0 Å². The van der Waals surface area contributed by atoms with Crippen LogP contribution in [0, 0.1) is 5.82 Å². The van der Waals surface area contributed by atoms with Crippen molar-refractivity contribution in [1.82, 2.24) is 9.97 Å². The van der Waals surface area contributed by atoms with E-state index in [9.17, 15) is 4.39 Å². The van der Waals surface area contributed by atoms with Crippen LogP contribution in [0.3, 0.4) is 0 Å². The number of rotatable bonds is 6. The van der Waals surface area contributed by atoms with Crippen LogP contribution >= 0.6 is 0 Å². The van der Waals surface area contributed by atoms with Crippen LogP contribution in [0.25, 0.3) is 0 Å². The number of aromatic nitrogens is 2. The van der Waals surface area contributed by atoms with Crippen LogP contribution in [-0.4, -0.2) is 29.1 Å². The molecule has 0 amide bonds. The van der Waals surface area contributed by atoms with E-state index < -0.39 is 0 Å². The van der Waals surface area contributed by atoms with Crippen LogP contribution in [0.1, 0.15) is 38.2 Å². The molecule has 1 atom stereocenters. The molecule has 0 radical (unpaired) electrons. The lowest BCUT2D eigenvalue weighted by molar-refractivity contribution is 0.443. The maximum atomic E-state index is 12.9. The van der Waals surface area contributed by atoms with Crippen molar-refractivity contribution in [3.63, 3.8) is 0 Å². The first-order chi connectivity index (χ1) is 11.8. The maximum absolute atomic E-state index is 12.9. The Hall–Kier alpha value is -2.17. The minimum atomic E-state index is -0.195. The highest BCUT2D eigenvalue weighted by Crippen LogP contribution is 2.24. The molecule has 1 aliphatic heterocycles. The van der Waals surface area contributed by atoms with Gasteiger partial charge < -0.3 is 10.2 Å². The summed E-state index contributed by atoms with van der Waals surface area (Å²) in [6, 6.07) is 9.09. The first-order valence-electron chi connectivity index (χ1n) is 8.84. The Morgan fingerprint density at radius 1 is 1.21 bits per heavy atom. The highest BCUT2D eigenvalue weighted by Gasteiger charge is 2.23. The van der Waals surface area contributed by atoms with E-state index in [0.29, 0.717) is 6.04 Å². The number of nitrogens with zero attached hydrogens (tertiary/aromatic N) is 3. The molecule has 1 N–H and O–H groups in total. The van der Waals surface area contributed by atoms with Gasteiger partial charge in [0, 0.05) is 25.3 Å². The smallest absolute Gasteiger partial charge is 0.227 e. The SMILES string of the molecule is CCC1CCCCN1c1nccc(NCCc2ccc(F)cc2)n1. The van der Waals surface area contributed by atoms with Crippen molar-refractivity contribution in [3.05, 3.63) is 47.9 Å². The van der Waals surface area contributed by atoms with Crippen LogP contribution in [0.2, 0.25) is 0 Å². The van der Waals surface area contributed by atoms with Crippen LogP contribution in [0.5, 0.6) is 0 Å². The van der Waals surface area contributed by atoms with Crippen LogP contribution < -0.4 is 10.2 Å². The predicted octanol–water partition coefficient (Wildman–Crippen LogP) is 4.04. The molecule has 24 heavy (non-hydrogen) atoms. The molecule has 3 rings (SSSR count). The number of hydrogen-bond donors (Lipinski definition) is 1. The lowest BCUT2D eigenvalue weighted by atomic mass is 10.0. The molecule has 128 valence electrons. The molecular formula is C19H25FN4. The molecule has 0 aliphatic carbocycles. The molecule has 1 fully saturated rings. The molecule has 1 unspecified atom stereocenters. The van der Waals surface area contributed by atoms with Gasteiger partial charge in [-0.2, -0.15) is 4.98 Å². The summed E-state index contributed by atoms with van der Waals surface area (Å²) < 4.78 is 12.9. The van der Waals surface area contributed by atoms with Gasteiger partial charge >= 0.3 is 0 Å². The van der Waals surface area contributed by atoms with Gasteiger partial charge in [0.05, 0.1) is 0 Å². The Labute approximate surface area is 143 Å². The molecular weight excluding hydrogens is 303 g/mol. The van der Waals surface area contributed by atoms with Crippen LogP contribution in [-0.2, 0) is 6.42 Å². The largest absolute Gasteiger partial charge is 0.370 e. The summed E-state index contributed by atoms with van der Waals surface area (Å²) in [4.78, 5) is 11.5. The fourth-order valence-electron chi connectivity index (χ4n) is 3.26. The zero-order valence-corrected chi connectivity index (χ0v) is 14.2. The quantitative estimate of drug-likeness (QED) is 0.869.